The van der Waals surface area contributed by atoms with Gasteiger partial charge in [0, 0.05) is 23.4 Å². The average Bonchev–Trinajstić information content (AvgIpc) is 3.10. The third-order valence-corrected chi connectivity index (χ3v) is 4.25. The summed E-state index contributed by atoms with van der Waals surface area (Å²) in [6.45, 7) is 0. The summed E-state index contributed by atoms with van der Waals surface area (Å²) in [5.74, 6) is -2.78. The minimum atomic E-state index is -5.08. The Morgan fingerprint density at radius 2 is 1.89 bits per heavy atom. The van der Waals surface area contributed by atoms with Crippen LogP contribution in [0.4, 0.5) is 13.2 Å². The van der Waals surface area contributed by atoms with E-state index in [1.54, 1.807) is 43.1 Å². The number of benzene rings is 1. The van der Waals surface area contributed by atoms with Crippen LogP contribution in [0.1, 0.15) is 10.4 Å². The number of halogens is 3. The number of hydrogen-bond donors (Lipinski definition) is 3. The van der Waals surface area contributed by atoms with E-state index in [4.69, 9.17) is 19.8 Å². The van der Waals surface area contributed by atoms with Gasteiger partial charge in [-0.15, -0.1) is 11.3 Å². The van der Waals surface area contributed by atoms with Crippen LogP contribution in [0.3, 0.4) is 0 Å². The quantitative estimate of drug-likeness (QED) is 0.444. The van der Waals surface area contributed by atoms with Gasteiger partial charge in [0.2, 0.25) is 5.88 Å². The molecule has 0 saturated heterocycles. The monoisotopic (exact) mass is 415 g/mol. The Kier molecular flexibility index (Phi) is 6.49. The fourth-order valence-electron chi connectivity index (χ4n) is 1.91. The number of carbonyl (C=O) groups excluding carboxylic acids is 1. The zero-order valence-electron chi connectivity index (χ0n) is 14.0. The van der Waals surface area contributed by atoms with Crippen molar-refractivity contribution in [1.29, 1.82) is 0 Å². The molecule has 3 rings (SSSR count). The summed E-state index contributed by atoms with van der Waals surface area (Å²) < 4.78 is 37.7. The molecule has 0 aliphatic rings. The van der Waals surface area contributed by atoms with Crippen LogP contribution in [-0.2, 0) is 4.79 Å². The van der Waals surface area contributed by atoms with E-state index in [0.29, 0.717) is 11.4 Å². The van der Waals surface area contributed by atoms with Gasteiger partial charge in [0.15, 0.2) is 0 Å². The van der Waals surface area contributed by atoms with Crippen molar-refractivity contribution < 1.29 is 37.8 Å². The number of methoxy groups -OCH3 is 1. The third-order valence-electron chi connectivity index (χ3n) is 3.19. The molecule has 0 fully saturated rings. The predicted octanol–water partition coefficient (Wildman–Crippen LogP) is 3.12. The van der Waals surface area contributed by atoms with Crippen LogP contribution in [-0.4, -0.2) is 45.4 Å². The molecule has 0 aliphatic heterocycles. The van der Waals surface area contributed by atoms with Gasteiger partial charge in [-0.1, -0.05) is 0 Å². The second-order valence-corrected chi connectivity index (χ2v) is 6.06. The Balaban J connectivity index is 0.000000345. The topological polar surface area (TPSA) is 122 Å². The number of ether oxygens (including phenoxy) is 1. The summed E-state index contributed by atoms with van der Waals surface area (Å²) in [7, 11) is 1.56. The summed E-state index contributed by atoms with van der Waals surface area (Å²) in [6, 6.07) is 8.71. The summed E-state index contributed by atoms with van der Waals surface area (Å²) >= 11 is 1.46. The molecule has 2 aromatic heterocycles. The van der Waals surface area contributed by atoms with Crippen molar-refractivity contribution in [1.82, 2.24) is 15.4 Å². The average molecular weight is 415 g/mol. The molecule has 1 aromatic carbocycles. The minimum absolute atomic E-state index is 0.382. The fraction of sp³-hybridized carbons (Fsp3) is 0.125. The van der Waals surface area contributed by atoms with Crippen molar-refractivity contribution in [2.24, 2.45) is 0 Å². The molecule has 0 atom stereocenters. The van der Waals surface area contributed by atoms with Crippen LogP contribution < -0.4 is 10.2 Å². The standard InChI is InChI=1S/C14H11N3O3S.C2HF3O2/c1-20-12-7-9(4-5-15-12)14-16-10-3-2-8(13(18)17-19)6-11(10)21-14;3-2(4,5)1(6)7/h2-7,19H,1H3,(H,17,18);(H,6,7). The van der Waals surface area contributed by atoms with Gasteiger partial charge in [-0.2, -0.15) is 13.2 Å². The number of fused-ring (bicyclic) bond motifs is 1. The van der Waals surface area contributed by atoms with E-state index in [-0.39, 0.29) is 0 Å². The van der Waals surface area contributed by atoms with E-state index in [1.165, 1.54) is 11.3 Å². The van der Waals surface area contributed by atoms with Gasteiger partial charge in [0.05, 0.1) is 17.3 Å². The van der Waals surface area contributed by atoms with E-state index >= 15 is 0 Å². The van der Waals surface area contributed by atoms with Gasteiger partial charge < -0.3 is 9.84 Å². The number of thiazole rings is 1. The molecular formula is C16H12F3N3O5S. The molecule has 8 nitrogen and oxygen atoms in total. The van der Waals surface area contributed by atoms with Crippen molar-refractivity contribution >= 4 is 33.4 Å². The molecule has 3 N–H and O–H groups in total. The lowest BCUT2D eigenvalue weighted by molar-refractivity contribution is -0.192. The summed E-state index contributed by atoms with van der Waals surface area (Å²) in [5, 5.41) is 16.6. The lowest BCUT2D eigenvalue weighted by atomic mass is 10.2. The molecule has 3 aromatic rings. The smallest absolute Gasteiger partial charge is 0.481 e. The van der Waals surface area contributed by atoms with Gasteiger partial charge >= 0.3 is 12.1 Å². The number of hydroxylamine groups is 1. The maximum Gasteiger partial charge on any atom is 0.490 e. The highest BCUT2D eigenvalue weighted by molar-refractivity contribution is 7.21. The number of carboxylic acid groups (broad SMARTS) is 1. The summed E-state index contributed by atoms with van der Waals surface area (Å²) in [5.41, 5.74) is 3.69. The first kappa shape index (κ1) is 21.1. The first-order valence-corrected chi connectivity index (χ1v) is 8.13. The number of carbonyl (C=O) groups is 2. The third kappa shape index (κ3) is 5.14. The second-order valence-electron chi connectivity index (χ2n) is 5.03. The molecule has 28 heavy (non-hydrogen) atoms. The van der Waals surface area contributed by atoms with E-state index in [0.717, 1.165) is 20.8 Å². The minimum Gasteiger partial charge on any atom is -0.481 e. The zero-order valence-corrected chi connectivity index (χ0v) is 14.8. The van der Waals surface area contributed by atoms with E-state index in [2.05, 4.69) is 9.97 Å². The van der Waals surface area contributed by atoms with Crippen molar-refractivity contribution in [2.45, 2.75) is 6.18 Å². The van der Waals surface area contributed by atoms with E-state index in [9.17, 15) is 18.0 Å². The molecule has 0 spiro atoms. The van der Waals surface area contributed by atoms with Crippen LogP contribution in [0.15, 0.2) is 36.5 Å². The number of nitrogens with zero attached hydrogens (tertiary/aromatic N) is 2. The SMILES string of the molecule is COc1cc(-c2nc3ccc(C(=O)NO)cc3s2)ccn1.O=C(O)C(F)(F)F. The predicted molar refractivity (Wildman–Crippen MR) is 92.3 cm³/mol. The van der Waals surface area contributed by atoms with Crippen molar-refractivity contribution in [3.05, 3.63) is 42.1 Å². The Morgan fingerprint density at radius 1 is 1.21 bits per heavy atom. The molecule has 2 heterocycles. The lowest BCUT2D eigenvalue weighted by Crippen LogP contribution is -2.21. The molecule has 0 aliphatic carbocycles. The van der Waals surface area contributed by atoms with Crippen LogP contribution >= 0.6 is 11.3 Å². The molecule has 1 amide bonds. The molecular weight excluding hydrogens is 403 g/mol. The molecule has 0 radical (unpaired) electrons. The summed E-state index contributed by atoms with van der Waals surface area (Å²) in [4.78, 5) is 28.9. The normalized spacial score (nSPS) is 10.8. The zero-order chi connectivity index (χ0) is 20.9. The summed E-state index contributed by atoms with van der Waals surface area (Å²) in [6.07, 6.45) is -3.43. The number of amides is 1. The number of hydrogen-bond acceptors (Lipinski definition) is 7. The van der Waals surface area contributed by atoms with Gasteiger partial charge in [-0.05, 0) is 24.3 Å². The lowest BCUT2D eigenvalue weighted by Gasteiger charge is -1.99. The Labute approximate surface area is 159 Å². The van der Waals surface area contributed by atoms with Crippen molar-refractivity contribution in [3.8, 4) is 16.5 Å². The number of pyridine rings is 1. The van der Waals surface area contributed by atoms with E-state index < -0.39 is 18.1 Å². The van der Waals surface area contributed by atoms with Crippen LogP contribution in [0.2, 0.25) is 0 Å². The van der Waals surface area contributed by atoms with E-state index in [1.807, 2.05) is 6.07 Å². The van der Waals surface area contributed by atoms with Gasteiger partial charge in [-0.3, -0.25) is 10.0 Å². The fourth-order valence-corrected chi connectivity index (χ4v) is 2.91. The molecule has 148 valence electrons. The highest BCUT2D eigenvalue weighted by Crippen LogP contribution is 2.31. The van der Waals surface area contributed by atoms with Gasteiger partial charge in [0.1, 0.15) is 5.01 Å². The van der Waals surface area contributed by atoms with Crippen LogP contribution in [0, 0.1) is 0 Å². The number of alkyl halides is 3. The molecule has 0 unspecified atom stereocenters. The maximum atomic E-state index is 11.4. The number of carboxylic acids is 1. The molecule has 0 bridgehead atoms. The molecule has 0 saturated carbocycles. The van der Waals surface area contributed by atoms with Crippen LogP contribution in [0.5, 0.6) is 5.88 Å². The first-order valence-electron chi connectivity index (χ1n) is 7.31. The largest absolute Gasteiger partial charge is 0.490 e. The Hall–Kier alpha value is -3.25. The second kappa shape index (κ2) is 8.63. The van der Waals surface area contributed by atoms with Gasteiger partial charge in [-0.25, -0.2) is 20.2 Å². The number of aliphatic carboxylic acids is 1. The van der Waals surface area contributed by atoms with Crippen LogP contribution in [0.25, 0.3) is 20.8 Å². The first-order chi connectivity index (χ1) is 13.2. The highest BCUT2D eigenvalue weighted by Gasteiger charge is 2.38. The number of rotatable bonds is 3. The van der Waals surface area contributed by atoms with Crippen molar-refractivity contribution in [2.75, 3.05) is 7.11 Å². The highest BCUT2D eigenvalue weighted by atomic mass is 32.1. The Morgan fingerprint density at radius 3 is 2.46 bits per heavy atom. The Bertz CT molecular complexity index is 1010. The number of aromatic nitrogens is 2. The van der Waals surface area contributed by atoms with Crippen molar-refractivity contribution in [3.63, 3.8) is 0 Å². The maximum absolute atomic E-state index is 11.4. The number of nitrogens with one attached hydrogen (secondary N) is 1. The van der Waals surface area contributed by atoms with Gasteiger partial charge in [0.25, 0.3) is 5.91 Å². The molecule has 12 heteroatoms.